The number of para-hydroxylation sites is 1. The fourth-order valence-corrected chi connectivity index (χ4v) is 2.29. The standard InChI is InChI=1S/C14H14FN3O3/c1-8-7-18(11-5-3-4-10(15)14(11)20-8)13(19)6-12-17-16-9(2)21-12/h3-5,8H,6-7H2,1-2H3/t8-/m0/s1. The van der Waals surface area contributed by atoms with Gasteiger partial charge in [-0.25, -0.2) is 4.39 Å². The third-order valence-corrected chi connectivity index (χ3v) is 3.17. The molecule has 3 rings (SSSR count). The number of benzene rings is 1. The molecule has 0 unspecified atom stereocenters. The number of amides is 1. The molecule has 21 heavy (non-hydrogen) atoms. The molecule has 110 valence electrons. The van der Waals surface area contributed by atoms with Crippen molar-refractivity contribution in [2.75, 3.05) is 11.4 Å². The molecule has 7 heteroatoms. The normalized spacial score (nSPS) is 17.3. The second kappa shape index (κ2) is 5.16. The van der Waals surface area contributed by atoms with Gasteiger partial charge in [0.1, 0.15) is 12.5 Å². The molecule has 0 radical (unpaired) electrons. The van der Waals surface area contributed by atoms with E-state index in [-0.39, 0.29) is 30.1 Å². The van der Waals surface area contributed by atoms with E-state index in [1.807, 2.05) is 0 Å². The van der Waals surface area contributed by atoms with Crippen LogP contribution in [-0.2, 0) is 11.2 Å². The molecule has 1 aromatic heterocycles. The summed E-state index contributed by atoms with van der Waals surface area (Å²) >= 11 is 0. The second-order valence-corrected chi connectivity index (χ2v) is 4.91. The maximum atomic E-state index is 13.8. The minimum absolute atomic E-state index is 0.0243. The number of hydrogen-bond acceptors (Lipinski definition) is 5. The molecule has 0 N–H and O–H groups in total. The van der Waals surface area contributed by atoms with Crippen LogP contribution in [-0.4, -0.2) is 28.8 Å². The van der Waals surface area contributed by atoms with Gasteiger partial charge in [0.25, 0.3) is 0 Å². The average Bonchev–Trinajstić information content (AvgIpc) is 2.84. The lowest BCUT2D eigenvalue weighted by Crippen LogP contribution is -2.43. The zero-order valence-electron chi connectivity index (χ0n) is 11.7. The highest BCUT2D eigenvalue weighted by Gasteiger charge is 2.30. The molecular formula is C14H14FN3O3. The van der Waals surface area contributed by atoms with Crippen LogP contribution in [0, 0.1) is 12.7 Å². The summed E-state index contributed by atoms with van der Waals surface area (Å²) in [5.74, 6) is 0.0339. The number of carbonyl (C=O) groups is 1. The van der Waals surface area contributed by atoms with Gasteiger partial charge in [-0.05, 0) is 19.1 Å². The summed E-state index contributed by atoms with van der Waals surface area (Å²) in [6.45, 7) is 3.79. The zero-order chi connectivity index (χ0) is 15.0. The van der Waals surface area contributed by atoms with Gasteiger partial charge in [-0.2, -0.15) is 0 Å². The van der Waals surface area contributed by atoms with Crippen molar-refractivity contribution < 1.29 is 18.3 Å². The summed E-state index contributed by atoms with van der Waals surface area (Å²) in [6.07, 6.45) is -0.313. The molecule has 1 aliphatic rings. The van der Waals surface area contributed by atoms with Gasteiger partial charge in [-0.3, -0.25) is 4.79 Å². The van der Waals surface area contributed by atoms with Crippen LogP contribution in [0.1, 0.15) is 18.7 Å². The molecule has 0 bridgehead atoms. The number of halogens is 1. The van der Waals surface area contributed by atoms with Gasteiger partial charge < -0.3 is 14.1 Å². The topological polar surface area (TPSA) is 68.5 Å². The number of ether oxygens (including phenoxy) is 1. The van der Waals surface area contributed by atoms with Crippen molar-refractivity contribution in [1.82, 2.24) is 10.2 Å². The Morgan fingerprint density at radius 2 is 2.29 bits per heavy atom. The van der Waals surface area contributed by atoms with Crippen LogP contribution in [0.2, 0.25) is 0 Å². The predicted octanol–water partition coefficient (Wildman–Crippen LogP) is 1.87. The van der Waals surface area contributed by atoms with E-state index >= 15 is 0 Å². The Morgan fingerprint density at radius 1 is 1.48 bits per heavy atom. The first kappa shape index (κ1) is 13.5. The van der Waals surface area contributed by atoms with E-state index in [1.165, 1.54) is 11.0 Å². The van der Waals surface area contributed by atoms with Crippen molar-refractivity contribution in [2.24, 2.45) is 0 Å². The van der Waals surface area contributed by atoms with Crippen LogP contribution in [0.5, 0.6) is 5.75 Å². The lowest BCUT2D eigenvalue weighted by molar-refractivity contribution is -0.118. The number of anilines is 1. The van der Waals surface area contributed by atoms with Crippen molar-refractivity contribution in [2.45, 2.75) is 26.4 Å². The first-order chi connectivity index (χ1) is 10.0. The summed E-state index contributed by atoms with van der Waals surface area (Å²) in [5.41, 5.74) is 0.425. The van der Waals surface area contributed by atoms with Crippen LogP contribution < -0.4 is 9.64 Å². The number of rotatable bonds is 2. The van der Waals surface area contributed by atoms with Crippen molar-refractivity contribution in [3.05, 3.63) is 35.8 Å². The van der Waals surface area contributed by atoms with Gasteiger partial charge in [-0.15, -0.1) is 10.2 Å². The summed E-state index contributed by atoms with van der Waals surface area (Å²) in [6, 6.07) is 4.51. The first-order valence-corrected chi connectivity index (χ1v) is 6.59. The molecule has 0 saturated carbocycles. The zero-order valence-corrected chi connectivity index (χ0v) is 11.7. The molecule has 1 atom stereocenters. The Bertz CT molecular complexity index is 686. The van der Waals surface area contributed by atoms with Gasteiger partial charge >= 0.3 is 0 Å². The van der Waals surface area contributed by atoms with Crippen LogP contribution in [0.4, 0.5) is 10.1 Å². The molecular weight excluding hydrogens is 277 g/mol. The van der Waals surface area contributed by atoms with E-state index in [9.17, 15) is 9.18 Å². The smallest absolute Gasteiger partial charge is 0.236 e. The van der Waals surface area contributed by atoms with Crippen molar-refractivity contribution >= 4 is 11.6 Å². The number of fused-ring (bicyclic) bond motifs is 1. The summed E-state index contributed by atoms with van der Waals surface area (Å²) in [7, 11) is 0. The van der Waals surface area contributed by atoms with E-state index in [4.69, 9.17) is 9.15 Å². The second-order valence-electron chi connectivity index (χ2n) is 4.91. The van der Waals surface area contributed by atoms with Gasteiger partial charge in [0.05, 0.1) is 12.2 Å². The fourth-order valence-electron chi connectivity index (χ4n) is 2.29. The highest BCUT2D eigenvalue weighted by Crippen LogP contribution is 2.35. The molecule has 2 aromatic rings. The van der Waals surface area contributed by atoms with Gasteiger partial charge in [0.15, 0.2) is 11.6 Å². The Kier molecular flexibility index (Phi) is 3.32. The highest BCUT2D eigenvalue weighted by atomic mass is 19.1. The number of aromatic nitrogens is 2. The third-order valence-electron chi connectivity index (χ3n) is 3.17. The van der Waals surface area contributed by atoms with Gasteiger partial charge in [-0.1, -0.05) is 6.07 Å². The highest BCUT2D eigenvalue weighted by molar-refractivity contribution is 5.96. The van der Waals surface area contributed by atoms with Crippen LogP contribution in [0.25, 0.3) is 0 Å². The molecule has 1 aliphatic heterocycles. The average molecular weight is 291 g/mol. The van der Waals surface area contributed by atoms with Crippen LogP contribution in [0.3, 0.4) is 0 Å². The van der Waals surface area contributed by atoms with E-state index in [0.29, 0.717) is 18.1 Å². The number of nitrogens with zero attached hydrogens (tertiary/aromatic N) is 3. The van der Waals surface area contributed by atoms with Crippen molar-refractivity contribution in [3.8, 4) is 5.75 Å². The van der Waals surface area contributed by atoms with E-state index in [0.717, 1.165) is 0 Å². The van der Waals surface area contributed by atoms with Gasteiger partial charge in [0.2, 0.25) is 17.7 Å². The van der Waals surface area contributed by atoms with Crippen molar-refractivity contribution in [3.63, 3.8) is 0 Å². The molecule has 1 aromatic carbocycles. The molecule has 0 saturated heterocycles. The minimum atomic E-state index is -0.481. The summed E-state index contributed by atoms with van der Waals surface area (Å²) in [4.78, 5) is 13.9. The largest absolute Gasteiger partial charge is 0.484 e. The quantitative estimate of drug-likeness (QED) is 0.845. The maximum absolute atomic E-state index is 13.8. The van der Waals surface area contributed by atoms with Crippen molar-refractivity contribution in [1.29, 1.82) is 0 Å². The Morgan fingerprint density at radius 3 is 3.00 bits per heavy atom. The Labute approximate surface area is 120 Å². The predicted molar refractivity (Wildman–Crippen MR) is 71.6 cm³/mol. The maximum Gasteiger partial charge on any atom is 0.236 e. The SMILES string of the molecule is Cc1nnc(CC(=O)N2C[C@H](C)Oc3c(F)cccc32)o1. The first-order valence-electron chi connectivity index (χ1n) is 6.59. The van der Waals surface area contributed by atoms with Crippen LogP contribution >= 0.6 is 0 Å². The molecule has 6 nitrogen and oxygen atoms in total. The summed E-state index contributed by atoms with van der Waals surface area (Å²) < 4.78 is 24.5. The molecule has 0 spiro atoms. The molecule has 0 fully saturated rings. The monoisotopic (exact) mass is 291 g/mol. The van der Waals surface area contributed by atoms with E-state index < -0.39 is 5.82 Å². The number of hydrogen-bond donors (Lipinski definition) is 0. The number of carbonyl (C=O) groups excluding carboxylic acids is 1. The minimum Gasteiger partial charge on any atom is -0.484 e. The molecule has 0 aliphatic carbocycles. The number of aryl methyl sites for hydroxylation is 1. The lowest BCUT2D eigenvalue weighted by Gasteiger charge is -2.33. The van der Waals surface area contributed by atoms with Gasteiger partial charge in [0, 0.05) is 6.92 Å². The molecule has 1 amide bonds. The molecule has 2 heterocycles. The van der Waals surface area contributed by atoms with Crippen LogP contribution in [0.15, 0.2) is 22.6 Å². The lowest BCUT2D eigenvalue weighted by atomic mass is 10.1. The summed E-state index contributed by atoms with van der Waals surface area (Å²) in [5, 5.41) is 7.49. The Hall–Kier alpha value is -2.44. The third kappa shape index (κ3) is 2.58. The Balaban J connectivity index is 1.88. The van der Waals surface area contributed by atoms with E-state index in [2.05, 4.69) is 10.2 Å². The van der Waals surface area contributed by atoms with E-state index in [1.54, 1.807) is 26.0 Å². The fraction of sp³-hybridized carbons (Fsp3) is 0.357.